The zero-order valence-corrected chi connectivity index (χ0v) is 19.9. The van der Waals surface area contributed by atoms with E-state index in [1.54, 1.807) is 34.6 Å². The van der Waals surface area contributed by atoms with Gasteiger partial charge in [0.2, 0.25) is 11.8 Å². The van der Waals surface area contributed by atoms with Gasteiger partial charge in [-0.25, -0.2) is 9.59 Å². The Balaban J connectivity index is 2.96. The summed E-state index contributed by atoms with van der Waals surface area (Å²) in [5, 5.41) is 7.78. The average molecular weight is 450 g/mol. The molecule has 0 saturated heterocycles. The highest BCUT2D eigenvalue weighted by Crippen LogP contribution is 2.09. The van der Waals surface area contributed by atoms with Crippen LogP contribution in [-0.2, 0) is 30.3 Å². The molecule has 0 heterocycles. The second-order valence-corrected chi connectivity index (χ2v) is 8.87. The van der Waals surface area contributed by atoms with E-state index in [4.69, 9.17) is 9.47 Å². The third-order valence-corrected chi connectivity index (χ3v) is 4.46. The van der Waals surface area contributed by atoms with E-state index >= 15 is 0 Å². The highest BCUT2D eigenvalue weighted by molar-refractivity contribution is 5.93. The molecule has 1 aromatic carbocycles. The number of ether oxygens (including phenoxy) is 2. The Morgan fingerprint density at radius 1 is 0.906 bits per heavy atom. The molecule has 9 heteroatoms. The maximum Gasteiger partial charge on any atom is 0.408 e. The van der Waals surface area contributed by atoms with Crippen LogP contribution in [-0.4, -0.2) is 54.7 Å². The van der Waals surface area contributed by atoms with E-state index in [1.807, 2.05) is 30.3 Å². The molecule has 32 heavy (non-hydrogen) atoms. The SMILES string of the molecule is COC(=O)C(NC(=O)C(Cc1ccccc1)NC(=O)C(C)NC(=O)OC(C)(C)C)C(C)C. The molecule has 3 amide bonds. The van der Waals surface area contributed by atoms with E-state index in [9.17, 15) is 19.2 Å². The molecule has 0 fully saturated rings. The van der Waals surface area contributed by atoms with Crippen molar-refractivity contribution in [3.05, 3.63) is 35.9 Å². The van der Waals surface area contributed by atoms with Gasteiger partial charge in [0.05, 0.1) is 7.11 Å². The van der Waals surface area contributed by atoms with Crippen molar-refractivity contribution in [2.45, 2.75) is 71.7 Å². The maximum absolute atomic E-state index is 13.0. The van der Waals surface area contributed by atoms with Crippen molar-refractivity contribution in [3.8, 4) is 0 Å². The van der Waals surface area contributed by atoms with E-state index in [2.05, 4.69) is 16.0 Å². The molecule has 9 nitrogen and oxygen atoms in total. The number of alkyl carbamates (subject to hydrolysis) is 1. The van der Waals surface area contributed by atoms with Gasteiger partial charge in [0, 0.05) is 6.42 Å². The van der Waals surface area contributed by atoms with Crippen molar-refractivity contribution in [1.29, 1.82) is 0 Å². The van der Waals surface area contributed by atoms with Crippen molar-refractivity contribution in [3.63, 3.8) is 0 Å². The van der Waals surface area contributed by atoms with Gasteiger partial charge in [0.15, 0.2) is 0 Å². The number of nitrogens with one attached hydrogen (secondary N) is 3. The Morgan fingerprint density at radius 3 is 2.00 bits per heavy atom. The van der Waals surface area contributed by atoms with Crippen molar-refractivity contribution < 1.29 is 28.7 Å². The van der Waals surface area contributed by atoms with Gasteiger partial charge in [-0.3, -0.25) is 9.59 Å². The zero-order chi connectivity index (χ0) is 24.5. The van der Waals surface area contributed by atoms with Crippen molar-refractivity contribution in [2.75, 3.05) is 7.11 Å². The Labute approximate surface area is 189 Å². The van der Waals surface area contributed by atoms with Crippen LogP contribution in [0.4, 0.5) is 4.79 Å². The van der Waals surface area contributed by atoms with Crippen LogP contribution in [0.25, 0.3) is 0 Å². The summed E-state index contributed by atoms with van der Waals surface area (Å²) in [6, 6.07) is 6.37. The summed E-state index contributed by atoms with van der Waals surface area (Å²) in [5.74, 6) is -1.88. The Morgan fingerprint density at radius 2 is 1.50 bits per heavy atom. The summed E-state index contributed by atoms with van der Waals surface area (Å²) in [6.07, 6.45) is -0.543. The summed E-state index contributed by atoms with van der Waals surface area (Å²) in [4.78, 5) is 49.7. The summed E-state index contributed by atoms with van der Waals surface area (Å²) < 4.78 is 9.94. The quantitative estimate of drug-likeness (QED) is 0.495. The summed E-state index contributed by atoms with van der Waals surface area (Å²) in [7, 11) is 1.25. The van der Waals surface area contributed by atoms with Gasteiger partial charge >= 0.3 is 12.1 Å². The standard InChI is InChI=1S/C23H35N3O6/c1-14(2)18(21(29)31-7)26-20(28)17(13-16-11-9-8-10-12-16)25-19(27)15(3)24-22(30)32-23(4,5)6/h8-12,14-15,17-18H,13H2,1-7H3,(H,24,30)(H,25,27)(H,26,28). The number of hydrogen-bond acceptors (Lipinski definition) is 6. The van der Waals surface area contributed by atoms with E-state index in [1.165, 1.54) is 14.0 Å². The number of hydrogen-bond donors (Lipinski definition) is 3. The van der Waals surface area contributed by atoms with E-state index in [-0.39, 0.29) is 12.3 Å². The lowest BCUT2D eigenvalue weighted by atomic mass is 10.0. The van der Waals surface area contributed by atoms with Gasteiger partial charge in [-0.15, -0.1) is 0 Å². The van der Waals surface area contributed by atoms with Gasteiger partial charge in [-0.1, -0.05) is 44.2 Å². The predicted molar refractivity (Wildman–Crippen MR) is 120 cm³/mol. The lowest BCUT2D eigenvalue weighted by Crippen LogP contribution is -2.57. The molecule has 0 radical (unpaired) electrons. The number of rotatable bonds is 9. The van der Waals surface area contributed by atoms with E-state index in [0.29, 0.717) is 0 Å². The third-order valence-electron chi connectivity index (χ3n) is 4.46. The number of carbonyl (C=O) groups excluding carboxylic acids is 4. The number of carbonyl (C=O) groups is 4. The minimum Gasteiger partial charge on any atom is -0.467 e. The van der Waals surface area contributed by atoms with Crippen LogP contribution >= 0.6 is 0 Å². The minimum atomic E-state index is -0.973. The first-order valence-corrected chi connectivity index (χ1v) is 10.6. The normalized spacial score (nSPS) is 14.0. The number of amides is 3. The van der Waals surface area contributed by atoms with Crippen LogP contribution in [0.1, 0.15) is 47.1 Å². The molecule has 0 spiro atoms. The molecule has 0 bridgehead atoms. The maximum atomic E-state index is 13.0. The second-order valence-electron chi connectivity index (χ2n) is 8.87. The monoisotopic (exact) mass is 449 g/mol. The van der Waals surface area contributed by atoms with Crippen LogP contribution in [0.3, 0.4) is 0 Å². The molecule has 178 valence electrons. The fraction of sp³-hybridized carbons (Fsp3) is 0.565. The molecule has 1 rings (SSSR count). The summed E-state index contributed by atoms with van der Waals surface area (Å²) in [6.45, 7) is 10.2. The first-order chi connectivity index (χ1) is 14.8. The molecule has 0 aliphatic carbocycles. The first-order valence-electron chi connectivity index (χ1n) is 10.6. The molecular formula is C23H35N3O6. The van der Waals surface area contributed by atoms with Crippen LogP contribution in [0.5, 0.6) is 0 Å². The molecule has 0 saturated carbocycles. The van der Waals surface area contributed by atoms with Gasteiger partial charge in [0.25, 0.3) is 0 Å². The number of esters is 1. The van der Waals surface area contributed by atoms with Gasteiger partial charge in [-0.05, 0) is 39.2 Å². The molecule has 3 unspecified atom stereocenters. The summed E-state index contributed by atoms with van der Waals surface area (Å²) in [5.41, 5.74) is 0.107. The van der Waals surface area contributed by atoms with Crippen LogP contribution in [0.15, 0.2) is 30.3 Å². The average Bonchev–Trinajstić information content (AvgIpc) is 2.69. The predicted octanol–water partition coefficient (Wildman–Crippen LogP) is 1.94. The largest absolute Gasteiger partial charge is 0.467 e. The molecular weight excluding hydrogens is 414 g/mol. The number of methoxy groups -OCH3 is 1. The molecule has 0 aliphatic heterocycles. The molecule has 1 aromatic rings. The van der Waals surface area contributed by atoms with E-state index < -0.39 is 47.6 Å². The fourth-order valence-electron chi connectivity index (χ4n) is 2.78. The fourth-order valence-corrected chi connectivity index (χ4v) is 2.78. The smallest absolute Gasteiger partial charge is 0.408 e. The number of benzene rings is 1. The van der Waals surface area contributed by atoms with Gasteiger partial charge in [0.1, 0.15) is 23.7 Å². The highest BCUT2D eigenvalue weighted by Gasteiger charge is 2.31. The van der Waals surface area contributed by atoms with Crippen molar-refractivity contribution in [1.82, 2.24) is 16.0 Å². The Bertz CT molecular complexity index is 789. The minimum absolute atomic E-state index is 0.198. The lowest BCUT2D eigenvalue weighted by Gasteiger charge is -2.26. The highest BCUT2D eigenvalue weighted by atomic mass is 16.6. The molecule has 3 N–H and O–H groups in total. The summed E-state index contributed by atoms with van der Waals surface area (Å²) >= 11 is 0. The zero-order valence-electron chi connectivity index (χ0n) is 19.9. The van der Waals surface area contributed by atoms with E-state index in [0.717, 1.165) is 5.56 Å². The second kappa shape index (κ2) is 12.1. The van der Waals surface area contributed by atoms with Crippen molar-refractivity contribution >= 4 is 23.9 Å². The van der Waals surface area contributed by atoms with Crippen LogP contribution in [0, 0.1) is 5.92 Å². The van der Waals surface area contributed by atoms with Crippen LogP contribution < -0.4 is 16.0 Å². The molecule has 0 aliphatic rings. The first kappa shape index (κ1) is 26.9. The lowest BCUT2D eigenvalue weighted by molar-refractivity contribution is -0.146. The van der Waals surface area contributed by atoms with Crippen molar-refractivity contribution in [2.24, 2.45) is 5.92 Å². The topological polar surface area (TPSA) is 123 Å². The van der Waals surface area contributed by atoms with Gasteiger partial charge < -0.3 is 25.4 Å². The molecule has 0 aromatic heterocycles. The Kier molecular flexibility index (Phi) is 10.2. The molecule has 3 atom stereocenters. The van der Waals surface area contributed by atoms with Crippen LogP contribution in [0.2, 0.25) is 0 Å². The Hall–Kier alpha value is -3.10. The third kappa shape index (κ3) is 9.36. The van der Waals surface area contributed by atoms with Gasteiger partial charge in [-0.2, -0.15) is 0 Å².